The van der Waals surface area contributed by atoms with Gasteiger partial charge in [-0.3, -0.25) is 9.59 Å². The molecule has 0 saturated carbocycles. The van der Waals surface area contributed by atoms with E-state index in [0.29, 0.717) is 24.3 Å². The van der Waals surface area contributed by atoms with Crippen molar-refractivity contribution in [1.29, 1.82) is 0 Å². The number of esters is 1. The average molecular weight is 384 g/mol. The molecule has 3 rings (SSSR count). The van der Waals surface area contributed by atoms with E-state index in [1.165, 1.54) is 23.8 Å². The lowest BCUT2D eigenvalue weighted by Gasteiger charge is -2.28. The highest BCUT2D eigenvalue weighted by Gasteiger charge is 2.25. The zero-order valence-electron chi connectivity index (χ0n) is 14.9. The average Bonchev–Trinajstić information content (AvgIpc) is 2.70. The molecule has 0 spiro atoms. The molecule has 2 aromatic rings. The second kappa shape index (κ2) is 8.73. The van der Waals surface area contributed by atoms with Gasteiger partial charge in [-0.05, 0) is 36.2 Å². The summed E-state index contributed by atoms with van der Waals surface area (Å²) in [5, 5.41) is 2.85. The van der Waals surface area contributed by atoms with Crippen molar-refractivity contribution in [2.45, 2.75) is 11.3 Å². The molecule has 1 N–H and O–H groups in total. The van der Waals surface area contributed by atoms with Crippen LogP contribution in [0.2, 0.25) is 0 Å². The maximum atomic E-state index is 12.3. The van der Waals surface area contributed by atoms with Crippen LogP contribution in [0.4, 0.5) is 5.69 Å². The highest BCUT2D eigenvalue weighted by molar-refractivity contribution is 8.00. The molecule has 0 bridgehead atoms. The molecular formula is C20H20N2O4S. The summed E-state index contributed by atoms with van der Waals surface area (Å²) < 4.78 is 4.66. The van der Waals surface area contributed by atoms with Crippen LogP contribution in [0.15, 0.2) is 53.4 Å². The van der Waals surface area contributed by atoms with Gasteiger partial charge in [-0.2, -0.15) is 0 Å². The number of fused-ring (bicyclic) bond motifs is 1. The Labute approximate surface area is 161 Å². The van der Waals surface area contributed by atoms with Crippen LogP contribution in [0.1, 0.15) is 15.9 Å². The molecule has 1 aliphatic rings. The Balaban J connectivity index is 1.52. The summed E-state index contributed by atoms with van der Waals surface area (Å²) >= 11 is 1.49. The van der Waals surface area contributed by atoms with Gasteiger partial charge in [0.15, 0.2) is 0 Å². The molecular weight excluding hydrogens is 364 g/mol. The largest absolute Gasteiger partial charge is 0.465 e. The Bertz CT molecular complexity index is 851. The third-order valence-electron chi connectivity index (χ3n) is 4.22. The summed E-state index contributed by atoms with van der Waals surface area (Å²) in [6.07, 6.45) is 0.633. The van der Waals surface area contributed by atoms with Crippen LogP contribution in [0, 0.1) is 0 Å². The fourth-order valence-corrected chi connectivity index (χ4v) is 3.73. The van der Waals surface area contributed by atoms with E-state index in [0.717, 1.165) is 16.1 Å². The molecule has 2 aromatic carbocycles. The van der Waals surface area contributed by atoms with Crippen LogP contribution >= 0.6 is 11.8 Å². The maximum absolute atomic E-state index is 12.3. The van der Waals surface area contributed by atoms with Gasteiger partial charge in [-0.15, -0.1) is 11.8 Å². The highest BCUT2D eigenvalue weighted by atomic mass is 32.2. The third kappa shape index (κ3) is 4.68. The van der Waals surface area contributed by atoms with Crippen LogP contribution in [0.3, 0.4) is 0 Å². The molecule has 0 atom stereocenters. The van der Waals surface area contributed by atoms with Crippen LogP contribution in [-0.4, -0.2) is 43.7 Å². The number of nitrogens with zero attached hydrogens (tertiary/aromatic N) is 1. The molecule has 0 radical (unpaired) electrons. The summed E-state index contributed by atoms with van der Waals surface area (Å²) in [5.74, 6) is -0.292. The predicted octanol–water partition coefficient (Wildman–Crippen LogP) is 2.27. The molecule has 2 amide bonds. The van der Waals surface area contributed by atoms with Crippen molar-refractivity contribution in [3.8, 4) is 0 Å². The first kappa shape index (κ1) is 19.0. The number of ether oxygens (including phenoxy) is 1. The fraction of sp³-hybridized carbons (Fsp3) is 0.250. The van der Waals surface area contributed by atoms with Crippen molar-refractivity contribution >= 4 is 35.2 Å². The van der Waals surface area contributed by atoms with E-state index in [2.05, 4.69) is 10.1 Å². The lowest BCUT2D eigenvalue weighted by atomic mass is 10.1. The normalized spacial score (nSPS) is 13.1. The second-order valence-electron chi connectivity index (χ2n) is 6.02. The molecule has 0 fully saturated rings. The van der Waals surface area contributed by atoms with E-state index in [-0.39, 0.29) is 24.3 Å². The predicted molar refractivity (Wildman–Crippen MR) is 104 cm³/mol. The van der Waals surface area contributed by atoms with E-state index in [1.807, 2.05) is 36.4 Å². The van der Waals surface area contributed by atoms with Crippen molar-refractivity contribution in [2.75, 3.05) is 30.9 Å². The summed E-state index contributed by atoms with van der Waals surface area (Å²) in [6.45, 7) is 0.465. The molecule has 0 aliphatic carbocycles. The quantitative estimate of drug-likeness (QED) is 0.774. The van der Waals surface area contributed by atoms with E-state index < -0.39 is 0 Å². The van der Waals surface area contributed by atoms with Gasteiger partial charge in [0.1, 0.15) is 6.54 Å². The standard InChI is InChI=1S/C20H20N2O4S/c1-26-20(25)15-8-6-14(7-9-15)10-11-21-18(23)12-22-16-4-2-3-5-17(16)27-13-19(22)24/h2-9H,10-13H2,1H3,(H,21,23). The first-order valence-corrected chi connectivity index (χ1v) is 9.53. The second-order valence-corrected chi connectivity index (χ2v) is 7.04. The van der Waals surface area contributed by atoms with Gasteiger partial charge in [0.25, 0.3) is 0 Å². The number of anilines is 1. The Morgan fingerprint density at radius 3 is 2.63 bits per heavy atom. The number of nitrogens with one attached hydrogen (secondary N) is 1. The molecule has 27 heavy (non-hydrogen) atoms. The molecule has 140 valence electrons. The molecule has 1 aliphatic heterocycles. The Morgan fingerprint density at radius 2 is 1.89 bits per heavy atom. The molecule has 1 heterocycles. The van der Waals surface area contributed by atoms with Gasteiger partial charge in [0.2, 0.25) is 11.8 Å². The van der Waals surface area contributed by atoms with Gasteiger partial charge in [-0.25, -0.2) is 4.79 Å². The number of carbonyl (C=O) groups excluding carboxylic acids is 3. The smallest absolute Gasteiger partial charge is 0.337 e. The molecule has 0 aromatic heterocycles. The zero-order valence-corrected chi connectivity index (χ0v) is 15.8. The van der Waals surface area contributed by atoms with E-state index >= 15 is 0 Å². The lowest BCUT2D eigenvalue weighted by molar-refractivity contribution is -0.122. The minimum Gasteiger partial charge on any atom is -0.465 e. The van der Waals surface area contributed by atoms with Crippen molar-refractivity contribution in [3.05, 3.63) is 59.7 Å². The van der Waals surface area contributed by atoms with Crippen molar-refractivity contribution in [3.63, 3.8) is 0 Å². The Kier molecular flexibility index (Phi) is 6.13. The van der Waals surface area contributed by atoms with Crippen molar-refractivity contribution in [1.82, 2.24) is 5.32 Å². The third-order valence-corrected chi connectivity index (χ3v) is 5.27. The molecule has 6 nitrogen and oxygen atoms in total. The maximum Gasteiger partial charge on any atom is 0.337 e. The van der Waals surface area contributed by atoms with E-state index in [4.69, 9.17) is 0 Å². The van der Waals surface area contributed by atoms with Crippen LogP contribution < -0.4 is 10.2 Å². The summed E-state index contributed by atoms with van der Waals surface area (Å²) in [5.41, 5.74) is 2.27. The van der Waals surface area contributed by atoms with Crippen molar-refractivity contribution < 1.29 is 19.1 Å². The number of hydrogen-bond acceptors (Lipinski definition) is 5. The van der Waals surface area contributed by atoms with Crippen molar-refractivity contribution in [2.24, 2.45) is 0 Å². The number of rotatable bonds is 6. The van der Waals surface area contributed by atoms with Crippen LogP contribution in [0.5, 0.6) is 0 Å². The summed E-state index contributed by atoms with van der Waals surface area (Å²) in [7, 11) is 1.34. The summed E-state index contributed by atoms with van der Waals surface area (Å²) in [6, 6.07) is 14.7. The van der Waals surface area contributed by atoms with Crippen LogP contribution in [0.25, 0.3) is 0 Å². The van der Waals surface area contributed by atoms with E-state index in [1.54, 1.807) is 12.1 Å². The minimum absolute atomic E-state index is 0.0116. The summed E-state index contributed by atoms with van der Waals surface area (Å²) in [4.78, 5) is 38.4. The SMILES string of the molecule is COC(=O)c1ccc(CCNC(=O)CN2C(=O)CSc3ccccc32)cc1. The number of thioether (sulfide) groups is 1. The van der Waals surface area contributed by atoms with Gasteiger partial charge in [0, 0.05) is 11.4 Å². The molecule has 0 saturated heterocycles. The highest BCUT2D eigenvalue weighted by Crippen LogP contribution is 2.34. The molecule has 7 heteroatoms. The molecule has 0 unspecified atom stereocenters. The fourth-order valence-electron chi connectivity index (χ4n) is 2.80. The minimum atomic E-state index is -0.375. The number of methoxy groups -OCH3 is 1. The number of para-hydroxylation sites is 1. The Morgan fingerprint density at radius 1 is 1.15 bits per heavy atom. The number of benzene rings is 2. The number of hydrogen-bond donors (Lipinski definition) is 1. The van der Waals surface area contributed by atoms with Gasteiger partial charge in [-0.1, -0.05) is 24.3 Å². The Hall–Kier alpha value is -2.80. The monoisotopic (exact) mass is 384 g/mol. The van der Waals surface area contributed by atoms with Gasteiger partial charge < -0.3 is 15.0 Å². The van der Waals surface area contributed by atoms with Gasteiger partial charge >= 0.3 is 5.97 Å². The van der Waals surface area contributed by atoms with E-state index in [9.17, 15) is 14.4 Å². The topological polar surface area (TPSA) is 75.7 Å². The first-order valence-electron chi connectivity index (χ1n) is 8.54. The van der Waals surface area contributed by atoms with Gasteiger partial charge in [0.05, 0.1) is 24.1 Å². The number of carbonyl (C=O) groups is 3. The number of amides is 2. The first-order chi connectivity index (χ1) is 13.1. The van der Waals surface area contributed by atoms with Crippen LogP contribution in [-0.2, 0) is 20.7 Å². The zero-order chi connectivity index (χ0) is 19.2. The lowest BCUT2D eigenvalue weighted by Crippen LogP contribution is -2.43.